The van der Waals surface area contributed by atoms with Crippen molar-refractivity contribution < 1.29 is 28.6 Å². The van der Waals surface area contributed by atoms with Crippen molar-refractivity contribution in [3.8, 4) is 0 Å². The molecule has 0 aromatic carbocycles. The highest BCUT2D eigenvalue weighted by atomic mass is 16.6. The van der Waals surface area contributed by atoms with Crippen molar-refractivity contribution in [2.75, 3.05) is 13.2 Å². The Balaban J connectivity index is 4.09. The van der Waals surface area contributed by atoms with Crippen LogP contribution in [0.4, 0.5) is 0 Å². The van der Waals surface area contributed by atoms with Gasteiger partial charge in [-0.2, -0.15) is 0 Å². The minimum absolute atomic E-state index is 0.0663. The second-order valence-electron chi connectivity index (χ2n) is 23.1. The van der Waals surface area contributed by atoms with E-state index in [1.165, 1.54) is 276 Å². The molecule has 6 nitrogen and oxygen atoms in total. The monoisotopic (exact) mass is 1040 g/mol. The predicted molar refractivity (Wildman–Crippen MR) is 321 cm³/mol. The lowest BCUT2D eigenvalue weighted by atomic mass is 10.0. The van der Waals surface area contributed by atoms with Crippen LogP contribution in [0.5, 0.6) is 0 Å². The van der Waals surface area contributed by atoms with Gasteiger partial charge in [0.1, 0.15) is 13.2 Å². The molecule has 1 unspecified atom stereocenters. The van der Waals surface area contributed by atoms with Crippen molar-refractivity contribution in [1.29, 1.82) is 0 Å². The Morgan fingerprint density at radius 3 is 0.730 bits per heavy atom. The second kappa shape index (κ2) is 63.7. The molecule has 0 aliphatic carbocycles. The van der Waals surface area contributed by atoms with Crippen LogP contribution in [0.1, 0.15) is 387 Å². The van der Waals surface area contributed by atoms with Crippen LogP contribution in [0.3, 0.4) is 0 Å². The number of allylic oxidation sites excluding steroid dienone is 2. The summed E-state index contributed by atoms with van der Waals surface area (Å²) in [6.07, 6.45) is 75.4. The summed E-state index contributed by atoms with van der Waals surface area (Å²) < 4.78 is 16.9. The maximum atomic E-state index is 12.9. The fourth-order valence-electron chi connectivity index (χ4n) is 10.5. The summed E-state index contributed by atoms with van der Waals surface area (Å²) in [5.74, 6) is -0.848. The molecule has 0 bridgehead atoms. The van der Waals surface area contributed by atoms with E-state index < -0.39 is 6.10 Å². The molecular formula is C68H130O6. The molecule has 0 aromatic rings. The number of hydrogen-bond donors (Lipinski definition) is 0. The maximum absolute atomic E-state index is 12.9. The third-order valence-corrected chi connectivity index (χ3v) is 15.5. The molecule has 0 aliphatic heterocycles. The van der Waals surface area contributed by atoms with E-state index in [1.54, 1.807) is 0 Å². The van der Waals surface area contributed by atoms with E-state index in [4.69, 9.17) is 14.2 Å². The zero-order chi connectivity index (χ0) is 53.6. The highest BCUT2D eigenvalue weighted by Crippen LogP contribution is 2.19. The summed E-state index contributed by atoms with van der Waals surface area (Å²) in [6.45, 7) is 6.65. The van der Waals surface area contributed by atoms with Gasteiger partial charge in [0.2, 0.25) is 0 Å². The van der Waals surface area contributed by atoms with Gasteiger partial charge in [-0.25, -0.2) is 0 Å². The van der Waals surface area contributed by atoms with Gasteiger partial charge in [-0.15, -0.1) is 0 Å². The third kappa shape index (κ3) is 61.0. The van der Waals surface area contributed by atoms with E-state index in [-0.39, 0.29) is 31.1 Å². The van der Waals surface area contributed by atoms with Crippen LogP contribution in [0.2, 0.25) is 0 Å². The van der Waals surface area contributed by atoms with Crippen molar-refractivity contribution >= 4 is 17.9 Å². The molecule has 0 aromatic heterocycles. The number of esters is 3. The molecule has 0 N–H and O–H groups in total. The van der Waals surface area contributed by atoms with Crippen molar-refractivity contribution in [1.82, 2.24) is 0 Å². The first-order valence-electron chi connectivity index (χ1n) is 33.7. The first-order chi connectivity index (χ1) is 36.5. The molecule has 0 spiro atoms. The molecule has 0 radical (unpaired) electrons. The molecule has 0 heterocycles. The van der Waals surface area contributed by atoms with Gasteiger partial charge in [0.05, 0.1) is 0 Å². The molecule has 0 amide bonds. The smallest absolute Gasteiger partial charge is 0.306 e. The number of ether oxygens (including phenoxy) is 3. The fourth-order valence-corrected chi connectivity index (χ4v) is 10.5. The molecule has 0 aliphatic rings. The topological polar surface area (TPSA) is 78.9 Å². The zero-order valence-corrected chi connectivity index (χ0v) is 50.4. The van der Waals surface area contributed by atoms with E-state index >= 15 is 0 Å². The molecule has 6 heteroatoms. The lowest BCUT2D eigenvalue weighted by Crippen LogP contribution is -2.30. The molecule has 0 saturated carbocycles. The normalized spacial score (nSPS) is 12.0. The van der Waals surface area contributed by atoms with Crippen LogP contribution < -0.4 is 0 Å². The lowest BCUT2D eigenvalue weighted by molar-refractivity contribution is -0.167. The predicted octanol–water partition coefficient (Wildman–Crippen LogP) is 22.8. The van der Waals surface area contributed by atoms with Gasteiger partial charge in [-0.05, 0) is 38.5 Å². The van der Waals surface area contributed by atoms with E-state index in [9.17, 15) is 14.4 Å². The number of rotatable bonds is 63. The summed E-state index contributed by atoms with van der Waals surface area (Å²) in [4.78, 5) is 38.2. The zero-order valence-electron chi connectivity index (χ0n) is 50.4. The molecule has 0 rings (SSSR count). The highest BCUT2D eigenvalue weighted by Gasteiger charge is 2.19. The highest BCUT2D eigenvalue weighted by molar-refractivity contribution is 5.71. The quantitative estimate of drug-likeness (QED) is 0.0261. The Kier molecular flexibility index (Phi) is 62.1. The van der Waals surface area contributed by atoms with Crippen LogP contribution in [-0.4, -0.2) is 37.2 Å². The summed E-state index contributed by atoms with van der Waals surface area (Å²) in [5, 5.41) is 0. The molecule has 438 valence electrons. The number of unbranched alkanes of at least 4 members (excludes halogenated alkanes) is 50. The van der Waals surface area contributed by atoms with E-state index in [1.807, 2.05) is 0 Å². The van der Waals surface area contributed by atoms with Crippen molar-refractivity contribution in [3.05, 3.63) is 12.2 Å². The van der Waals surface area contributed by atoms with Crippen LogP contribution in [0.25, 0.3) is 0 Å². The molecule has 1 atom stereocenters. The standard InChI is InChI=1S/C68H130O6/c1-4-7-10-13-16-19-22-24-26-28-30-31-32-33-34-35-36-37-38-39-41-42-44-46-49-52-55-58-61-67(70)73-64-65(63-72-66(69)60-57-54-51-48-21-18-15-12-9-6-3)74-68(71)62-59-56-53-50-47-45-43-40-29-27-25-23-20-17-14-11-8-5-2/h12,15,65H,4-11,13-14,16-64H2,1-3H3/b15-12-. The van der Waals surface area contributed by atoms with Crippen LogP contribution >= 0.6 is 0 Å². The Bertz CT molecular complexity index is 1150. The first-order valence-corrected chi connectivity index (χ1v) is 33.7. The average molecular weight is 1040 g/mol. The molecular weight excluding hydrogens is 913 g/mol. The van der Waals surface area contributed by atoms with E-state index in [2.05, 4.69) is 32.9 Å². The number of carbonyl (C=O) groups is 3. The Morgan fingerprint density at radius 1 is 0.257 bits per heavy atom. The van der Waals surface area contributed by atoms with Crippen LogP contribution in [0, 0.1) is 0 Å². The SMILES string of the molecule is CCC/C=C\CCCCCCCC(=O)OCC(COC(=O)CCCCCCCCCCCCCCCCCCCCCCCCCCCCCC)OC(=O)CCCCCCCCCCCCCCCCCCCC. The van der Waals surface area contributed by atoms with Gasteiger partial charge in [0.25, 0.3) is 0 Å². The summed E-state index contributed by atoms with van der Waals surface area (Å²) in [5.41, 5.74) is 0. The average Bonchev–Trinajstić information content (AvgIpc) is 3.40. The molecule has 74 heavy (non-hydrogen) atoms. The van der Waals surface area contributed by atoms with Gasteiger partial charge in [0.15, 0.2) is 6.10 Å². The van der Waals surface area contributed by atoms with Crippen molar-refractivity contribution in [2.45, 2.75) is 393 Å². The number of hydrogen-bond acceptors (Lipinski definition) is 6. The van der Waals surface area contributed by atoms with Crippen molar-refractivity contribution in [3.63, 3.8) is 0 Å². The van der Waals surface area contributed by atoms with Gasteiger partial charge in [0, 0.05) is 19.3 Å². The largest absolute Gasteiger partial charge is 0.462 e. The minimum atomic E-state index is -0.768. The Morgan fingerprint density at radius 2 is 0.473 bits per heavy atom. The van der Waals surface area contributed by atoms with Gasteiger partial charge >= 0.3 is 17.9 Å². The fraction of sp³-hybridized carbons (Fsp3) is 0.926. The molecule has 0 saturated heterocycles. The van der Waals surface area contributed by atoms with Crippen LogP contribution in [0.15, 0.2) is 12.2 Å². The van der Waals surface area contributed by atoms with Crippen molar-refractivity contribution in [2.24, 2.45) is 0 Å². The van der Waals surface area contributed by atoms with Crippen LogP contribution in [-0.2, 0) is 28.6 Å². The minimum Gasteiger partial charge on any atom is -0.462 e. The van der Waals surface area contributed by atoms with Gasteiger partial charge in [-0.3, -0.25) is 14.4 Å². The Hall–Kier alpha value is -1.85. The van der Waals surface area contributed by atoms with E-state index in [0.717, 1.165) is 70.6 Å². The summed E-state index contributed by atoms with van der Waals surface area (Å²) in [7, 11) is 0. The van der Waals surface area contributed by atoms with Gasteiger partial charge in [-0.1, -0.05) is 341 Å². The lowest BCUT2D eigenvalue weighted by Gasteiger charge is -2.18. The summed E-state index contributed by atoms with van der Waals surface area (Å²) >= 11 is 0. The maximum Gasteiger partial charge on any atom is 0.306 e. The third-order valence-electron chi connectivity index (χ3n) is 15.5. The second-order valence-corrected chi connectivity index (χ2v) is 23.1. The Labute approximate surface area is 462 Å². The molecule has 0 fully saturated rings. The first kappa shape index (κ1) is 72.2. The van der Waals surface area contributed by atoms with E-state index in [0.29, 0.717) is 19.3 Å². The van der Waals surface area contributed by atoms with Gasteiger partial charge < -0.3 is 14.2 Å². The number of carbonyl (C=O) groups excluding carboxylic acids is 3. The summed E-state index contributed by atoms with van der Waals surface area (Å²) in [6, 6.07) is 0.